The third kappa shape index (κ3) is 3.43. The van der Waals surface area contributed by atoms with Gasteiger partial charge in [-0.25, -0.2) is 4.83 Å². The molecule has 0 spiro atoms. The number of hydrogen-bond acceptors (Lipinski definition) is 4. The number of nitrogens with one attached hydrogen (secondary N) is 1. The lowest BCUT2D eigenvalue weighted by atomic mass is 10.4. The van der Waals surface area contributed by atoms with Crippen LogP contribution in [0, 0.1) is 13.8 Å². The molecule has 114 valence electrons. The second-order valence-electron chi connectivity index (χ2n) is 4.63. The van der Waals surface area contributed by atoms with Crippen LogP contribution in [-0.4, -0.2) is 34.0 Å². The van der Waals surface area contributed by atoms with E-state index in [0.29, 0.717) is 0 Å². The Morgan fingerprint density at radius 2 is 1.95 bits per heavy atom. The number of sulfonamides is 1. The van der Waals surface area contributed by atoms with Crippen LogP contribution in [0.1, 0.15) is 17.8 Å². The first-order valence-electron chi connectivity index (χ1n) is 6.21. The summed E-state index contributed by atoms with van der Waals surface area (Å²) in [7, 11) is -3.76. The molecular weight excluding hydrogens is 296 g/mol. The fourth-order valence-corrected chi connectivity index (χ4v) is 2.88. The third-order valence-electron chi connectivity index (χ3n) is 2.96. The highest BCUT2D eigenvalue weighted by Gasteiger charge is 2.18. The third-order valence-corrected chi connectivity index (χ3v) is 4.21. The molecule has 2 N–H and O–H groups in total. The van der Waals surface area contributed by atoms with Crippen molar-refractivity contribution in [2.24, 2.45) is 0 Å². The summed E-state index contributed by atoms with van der Waals surface area (Å²) in [4.78, 5) is 12.9. The number of carboxylic acid groups (broad SMARTS) is 1. The molecule has 0 saturated carbocycles. The molecule has 0 atom stereocenters. The summed E-state index contributed by atoms with van der Waals surface area (Å²) in [6.07, 6.45) is 2.38. The van der Waals surface area contributed by atoms with E-state index in [-0.39, 0.29) is 17.9 Å². The second kappa shape index (κ2) is 5.60. The Balaban J connectivity index is 2.18. The van der Waals surface area contributed by atoms with Crippen molar-refractivity contribution in [3.05, 3.63) is 35.9 Å². The molecule has 0 aromatic carbocycles. The molecule has 0 bridgehead atoms. The summed E-state index contributed by atoms with van der Waals surface area (Å²) >= 11 is 0. The first kappa shape index (κ1) is 15.1. The second-order valence-corrected chi connectivity index (χ2v) is 6.29. The number of nitrogens with zero attached hydrogens (tertiary/aromatic N) is 3. The summed E-state index contributed by atoms with van der Waals surface area (Å²) in [6, 6.07) is 3.60. The van der Waals surface area contributed by atoms with Crippen molar-refractivity contribution in [1.29, 1.82) is 0 Å². The van der Waals surface area contributed by atoms with Gasteiger partial charge in [0.25, 0.3) is 10.0 Å². The van der Waals surface area contributed by atoms with E-state index in [1.54, 1.807) is 26.0 Å². The number of carboxylic acids is 1. The summed E-state index contributed by atoms with van der Waals surface area (Å²) < 4.78 is 27.3. The molecule has 8 nitrogen and oxygen atoms in total. The van der Waals surface area contributed by atoms with Crippen molar-refractivity contribution in [2.75, 3.05) is 4.83 Å². The highest BCUT2D eigenvalue weighted by atomic mass is 32.2. The van der Waals surface area contributed by atoms with Crippen LogP contribution >= 0.6 is 0 Å². The molecule has 2 aromatic rings. The zero-order chi connectivity index (χ0) is 15.6. The van der Waals surface area contributed by atoms with Crippen molar-refractivity contribution < 1.29 is 18.3 Å². The van der Waals surface area contributed by atoms with Gasteiger partial charge in [0, 0.05) is 17.6 Å². The summed E-state index contributed by atoms with van der Waals surface area (Å²) in [5, 5.41) is 12.5. The van der Waals surface area contributed by atoms with Crippen molar-refractivity contribution in [3.63, 3.8) is 0 Å². The van der Waals surface area contributed by atoms with Crippen molar-refractivity contribution in [1.82, 2.24) is 14.5 Å². The Hall–Kier alpha value is -2.29. The molecule has 0 fully saturated rings. The van der Waals surface area contributed by atoms with Gasteiger partial charge in [-0.15, -0.1) is 0 Å². The molecule has 0 aliphatic heterocycles. The monoisotopic (exact) mass is 312 g/mol. The summed E-state index contributed by atoms with van der Waals surface area (Å²) in [5.74, 6) is -0.966. The minimum absolute atomic E-state index is 0.0135. The Morgan fingerprint density at radius 1 is 1.33 bits per heavy atom. The van der Waals surface area contributed by atoms with Crippen LogP contribution in [-0.2, 0) is 21.4 Å². The number of aryl methyl sites for hydroxylation is 3. The lowest BCUT2D eigenvalue weighted by molar-refractivity contribution is -0.137. The Morgan fingerprint density at radius 3 is 2.52 bits per heavy atom. The molecule has 0 aliphatic rings. The predicted octanol–water partition coefficient (Wildman–Crippen LogP) is 0.709. The van der Waals surface area contributed by atoms with Gasteiger partial charge in [-0.2, -0.15) is 13.5 Å². The Kier molecular flexibility index (Phi) is 4.03. The van der Waals surface area contributed by atoms with Gasteiger partial charge < -0.3 is 5.11 Å². The maximum atomic E-state index is 12.3. The van der Waals surface area contributed by atoms with Gasteiger partial charge in [0.1, 0.15) is 4.90 Å². The largest absolute Gasteiger partial charge is 0.481 e. The van der Waals surface area contributed by atoms with Gasteiger partial charge in [-0.05, 0) is 26.0 Å². The van der Waals surface area contributed by atoms with E-state index >= 15 is 0 Å². The number of carbonyl (C=O) groups is 1. The van der Waals surface area contributed by atoms with E-state index in [9.17, 15) is 13.2 Å². The quantitative estimate of drug-likeness (QED) is 0.817. The molecule has 2 aromatic heterocycles. The standard InChI is InChI=1S/C12H16N4O4S/c1-9-3-4-10(2)16(9)14-21(19,20)11-7-13-15(8-11)6-5-12(17)18/h3-4,7-8,14H,5-6H2,1-2H3,(H,17,18). The molecule has 0 saturated heterocycles. The lowest BCUT2D eigenvalue weighted by Gasteiger charge is -2.11. The van der Waals surface area contributed by atoms with Gasteiger partial charge in [-0.1, -0.05) is 0 Å². The Bertz CT molecular complexity index is 741. The molecular formula is C12H16N4O4S. The van der Waals surface area contributed by atoms with E-state index in [1.807, 2.05) is 0 Å². The number of rotatable bonds is 6. The highest BCUT2D eigenvalue weighted by molar-refractivity contribution is 7.92. The van der Waals surface area contributed by atoms with E-state index in [0.717, 1.165) is 11.4 Å². The van der Waals surface area contributed by atoms with Crippen LogP contribution < -0.4 is 4.83 Å². The number of aliphatic carboxylic acids is 1. The van der Waals surface area contributed by atoms with Crippen molar-refractivity contribution >= 4 is 16.0 Å². The zero-order valence-corrected chi connectivity index (χ0v) is 12.5. The van der Waals surface area contributed by atoms with Crippen LogP contribution in [0.25, 0.3) is 0 Å². The minimum atomic E-state index is -3.76. The molecule has 21 heavy (non-hydrogen) atoms. The van der Waals surface area contributed by atoms with E-state index in [4.69, 9.17) is 5.11 Å². The molecule has 0 aliphatic carbocycles. The van der Waals surface area contributed by atoms with Crippen molar-refractivity contribution in [3.8, 4) is 0 Å². The molecule has 9 heteroatoms. The first-order chi connectivity index (χ1) is 9.79. The number of aromatic nitrogens is 3. The molecule has 0 amide bonds. The average molecular weight is 312 g/mol. The smallest absolute Gasteiger partial charge is 0.305 e. The maximum absolute atomic E-state index is 12.3. The van der Waals surface area contributed by atoms with Crippen LogP contribution in [0.5, 0.6) is 0 Å². The summed E-state index contributed by atoms with van der Waals surface area (Å²) in [6.45, 7) is 3.68. The first-order valence-corrected chi connectivity index (χ1v) is 7.70. The Labute approximate surface area is 122 Å². The van der Waals surface area contributed by atoms with E-state index in [2.05, 4.69) is 9.93 Å². The SMILES string of the molecule is Cc1ccc(C)n1NS(=O)(=O)c1cnn(CCC(=O)O)c1. The normalized spacial score (nSPS) is 11.5. The van der Waals surface area contributed by atoms with Crippen LogP contribution in [0.2, 0.25) is 0 Å². The molecule has 0 radical (unpaired) electrons. The van der Waals surface area contributed by atoms with E-state index < -0.39 is 16.0 Å². The van der Waals surface area contributed by atoms with Gasteiger partial charge in [0.05, 0.1) is 19.2 Å². The molecule has 2 rings (SSSR count). The average Bonchev–Trinajstić information content (AvgIpc) is 2.99. The van der Waals surface area contributed by atoms with Crippen molar-refractivity contribution in [2.45, 2.75) is 31.7 Å². The number of hydrogen-bond donors (Lipinski definition) is 2. The van der Waals surface area contributed by atoms with Crippen LogP contribution in [0.3, 0.4) is 0 Å². The van der Waals surface area contributed by atoms with Gasteiger partial charge in [0.2, 0.25) is 0 Å². The van der Waals surface area contributed by atoms with Crippen LogP contribution in [0.4, 0.5) is 0 Å². The molecule has 2 heterocycles. The predicted molar refractivity (Wildman–Crippen MR) is 74.9 cm³/mol. The maximum Gasteiger partial charge on any atom is 0.305 e. The van der Waals surface area contributed by atoms with Crippen LogP contribution in [0.15, 0.2) is 29.4 Å². The fourth-order valence-electron chi connectivity index (χ4n) is 1.80. The van der Waals surface area contributed by atoms with Gasteiger partial charge in [-0.3, -0.25) is 14.2 Å². The van der Waals surface area contributed by atoms with Gasteiger partial charge >= 0.3 is 5.97 Å². The fraction of sp³-hybridized carbons (Fsp3) is 0.333. The minimum Gasteiger partial charge on any atom is -0.481 e. The highest BCUT2D eigenvalue weighted by Crippen LogP contribution is 2.12. The lowest BCUT2D eigenvalue weighted by Crippen LogP contribution is -2.24. The summed E-state index contributed by atoms with van der Waals surface area (Å²) in [5.41, 5.74) is 1.52. The molecule has 0 unspecified atom stereocenters. The zero-order valence-electron chi connectivity index (χ0n) is 11.6. The topological polar surface area (TPSA) is 106 Å². The van der Waals surface area contributed by atoms with E-state index in [1.165, 1.54) is 21.8 Å². The van der Waals surface area contributed by atoms with Gasteiger partial charge in [0.15, 0.2) is 0 Å².